The first-order valence-electron chi connectivity index (χ1n) is 11.1. The van der Waals surface area contributed by atoms with Gasteiger partial charge < -0.3 is 24.8 Å². The van der Waals surface area contributed by atoms with Gasteiger partial charge in [-0.1, -0.05) is 18.2 Å². The fourth-order valence-electron chi connectivity index (χ4n) is 3.27. The number of carbonyl (C=O) groups excluding carboxylic acids is 1. The number of hydrogen-bond donors (Lipinski definition) is 2. The van der Waals surface area contributed by atoms with Crippen molar-refractivity contribution in [2.75, 3.05) is 12.3 Å². The molecule has 6 atom stereocenters. The quantitative estimate of drug-likeness (QED) is 0.240. The van der Waals surface area contributed by atoms with Crippen molar-refractivity contribution >= 4 is 31.2 Å². The summed E-state index contributed by atoms with van der Waals surface area (Å²) in [6.07, 6.45) is -6.54. The van der Waals surface area contributed by atoms with Crippen LogP contribution in [-0.2, 0) is 27.9 Å². The first-order chi connectivity index (χ1) is 17.9. The first kappa shape index (κ1) is 29.5. The minimum atomic E-state index is -4.63. The zero-order valence-electron chi connectivity index (χ0n) is 20.4. The molecule has 1 aromatic heterocycles. The maximum absolute atomic E-state index is 15.9. The average Bonchev–Trinajstić information content (AvgIpc) is 3.08. The topological polar surface area (TPSA) is 174 Å². The average molecular weight is 575 g/mol. The molecule has 38 heavy (non-hydrogen) atoms. The van der Waals surface area contributed by atoms with Crippen LogP contribution in [0.25, 0.3) is 0 Å². The SMILES string of the molecule is CC(C)OC(=O)[C@H](C)O[P@](=O)(OC[C@H]1O[C@@H](n2ncc(N)nc2=O)[C@@](F)(C#CCl)C1O)Oc1ccccc1. The highest BCUT2D eigenvalue weighted by molar-refractivity contribution is 7.49. The lowest BCUT2D eigenvalue weighted by Gasteiger charge is -2.24. The highest BCUT2D eigenvalue weighted by atomic mass is 35.5. The number of halogens is 2. The van der Waals surface area contributed by atoms with Gasteiger partial charge in [-0.15, -0.1) is 0 Å². The van der Waals surface area contributed by atoms with E-state index in [4.69, 9.17) is 40.4 Å². The van der Waals surface area contributed by atoms with Crippen LogP contribution < -0.4 is 15.9 Å². The van der Waals surface area contributed by atoms with Gasteiger partial charge in [0.05, 0.1) is 18.9 Å². The van der Waals surface area contributed by atoms with Crippen molar-refractivity contribution in [2.45, 2.75) is 57.1 Å². The Balaban J connectivity index is 1.86. The predicted octanol–water partition coefficient (Wildman–Crippen LogP) is 1.95. The van der Waals surface area contributed by atoms with Crippen molar-refractivity contribution in [1.82, 2.24) is 14.8 Å². The second-order valence-electron chi connectivity index (χ2n) is 8.25. The van der Waals surface area contributed by atoms with Crippen LogP contribution in [0.1, 0.15) is 27.0 Å². The van der Waals surface area contributed by atoms with Crippen molar-refractivity contribution in [3.63, 3.8) is 0 Å². The van der Waals surface area contributed by atoms with Gasteiger partial charge in [0.25, 0.3) is 0 Å². The summed E-state index contributed by atoms with van der Waals surface area (Å²) in [4.78, 5) is 27.9. The predicted molar refractivity (Wildman–Crippen MR) is 130 cm³/mol. The van der Waals surface area contributed by atoms with E-state index in [0.717, 1.165) is 6.20 Å². The van der Waals surface area contributed by atoms with Crippen molar-refractivity contribution in [3.05, 3.63) is 47.0 Å². The molecule has 3 rings (SSSR count). The molecule has 0 saturated carbocycles. The Labute approximate surface area is 221 Å². The Morgan fingerprint density at radius 2 is 2.05 bits per heavy atom. The number of carbonyl (C=O) groups is 1. The Bertz CT molecular complexity index is 1300. The number of benzene rings is 1. The van der Waals surface area contributed by atoms with E-state index in [-0.39, 0.29) is 11.6 Å². The lowest BCUT2D eigenvalue weighted by atomic mass is 9.97. The summed E-state index contributed by atoms with van der Waals surface area (Å²) in [7, 11) is -4.63. The Kier molecular flexibility index (Phi) is 9.48. The number of para-hydroxylation sites is 1. The maximum Gasteiger partial charge on any atom is 0.530 e. The van der Waals surface area contributed by atoms with Gasteiger partial charge in [-0.25, -0.2) is 18.5 Å². The summed E-state index contributed by atoms with van der Waals surface area (Å²) in [6, 6.07) is 7.73. The Morgan fingerprint density at radius 3 is 2.66 bits per heavy atom. The number of rotatable bonds is 10. The van der Waals surface area contributed by atoms with Crippen molar-refractivity contribution < 1.29 is 41.9 Å². The van der Waals surface area contributed by atoms with Crippen LogP contribution in [0, 0.1) is 11.3 Å². The molecule has 0 spiro atoms. The van der Waals surface area contributed by atoms with Crippen molar-refractivity contribution in [2.24, 2.45) is 0 Å². The van der Waals surface area contributed by atoms with Gasteiger partial charge in [0.15, 0.2) is 6.10 Å². The number of alkyl halides is 1. The molecule has 3 N–H and O–H groups in total. The van der Waals surface area contributed by atoms with Gasteiger partial charge >= 0.3 is 19.5 Å². The summed E-state index contributed by atoms with van der Waals surface area (Å²) in [5.41, 5.74) is 1.36. The summed E-state index contributed by atoms with van der Waals surface area (Å²) in [5, 5.41) is 16.2. The van der Waals surface area contributed by atoms with Crippen LogP contribution in [-0.4, -0.2) is 62.5 Å². The van der Waals surface area contributed by atoms with E-state index in [2.05, 4.69) is 10.1 Å². The maximum atomic E-state index is 15.9. The number of anilines is 1. The number of aromatic nitrogens is 3. The van der Waals surface area contributed by atoms with Gasteiger partial charge in [-0.3, -0.25) is 9.05 Å². The van der Waals surface area contributed by atoms with Crippen molar-refractivity contribution in [1.29, 1.82) is 0 Å². The van der Waals surface area contributed by atoms with E-state index >= 15 is 4.39 Å². The van der Waals surface area contributed by atoms with E-state index in [1.54, 1.807) is 32.0 Å². The monoisotopic (exact) mass is 574 g/mol. The highest BCUT2D eigenvalue weighted by Crippen LogP contribution is 2.52. The number of hydrogen-bond acceptors (Lipinski definition) is 12. The van der Waals surface area contributed by atoms with Crippen LogP contribution in [0.2, 0.25) is 0 Å². The van der Waals surface area contributed by atoms with Gasteiger partial charge in [-0.2, -0.15) is 14.8 Å². The van der Waals surface area contributed by atoms with E-state index in [1.807, 2.05) is 11.3 Å². The molecule has 2 aromatic rings. The first-order valence-corrected chi connectivity index (χ1v) is 13.0. The third-order valence-corrected chi connectivity index (χ3v) is 6.54. The fraction of sp³-hybridized carbons (Fsp3) is 0.455. The standard InChI is InChI=1S/C22H25ClFN4O9P/c1-13(2)34-19(30)14(3)36-38(32,37-15-7-5-4-6-8-15)33-12-16-18(29)22(24,9-10-23)20(35-16)28-21(31)27-17(25)11-26-28/h4-8,11,13-14,16,18,20,29H,12H2,1-3H3,(H2,25,27,31)/t14-,16+,18?,20+,22+,38-/m0/s1. The molecule has 16 heteroatoms. The molecular formula is C22H25ClFN4O9P. The molecule has 1 unspecified atom stereocenters. The molecule has 206 valence electrons. The lowest BCUT2D eigenvalue weighted by molar-refractivity contribution is -0.156. The van der Waals surface area contributed by atoms with Crippen molar-refractivity contribution in [3.8, 4) is 17.0 Å². The van der Waals surface area contributed by atoms with E-state index in [0.29, 0.717) is 4.68 Å². The molecule has 1 aromatic carbocycles. The summed E-state index contributed by atoms with van der Waals surface area (Å²) < 4.78 is 56.4. The Hall–Kier alpha value is -3.05. The molecule has 13 nitrogen and oxygen atoms in total. The number of aliphatic hydroxyl groups excluding tert-OH is 1. The van der Waals surface area contributed by atoms with Crippen LogP contribution in [0.15, 0.2) is 41.3 Å². The molecule has 1 aliphatic rings. The zero-order chi connectivity index (χ0) is 28.1. The largest absolute Gasteiger partial charge is 0.530 e. The van der Waals surface area contributed by atoms with E-state index < -0.39 is 62.4 Å². The second kappa shape index (κ2) is 12.2. The normalized spacial score (nSPS) is 25.2. The number of esters is 1. The summed E-state index contributed by atoms with van der Waals surface area (Å²) in [5.74, 6) is 0.933. The number of ether oxygens (including phenoxy) is 2. The van der Waals surface area contributed by atoms with E-state index in [1.165, 1.54) is 19.1 Å². The van der Waals surface area contributed by atoms with Crippen LogP contribution in [0.5, 0.6) is 5.75 Å². The smallest absolute Gasteiger partial charge is 0.461 e. The highest BCUT2D eigenvalue weighted by Gasteiger charge is 2.59. The number of phosphoric ester groups is 1. The van der Waals surface area contributed by atoms with Gasteiger partial charge in [-0.05, 0) is 50.4 Å². The molecule has 0 radical (unpaired) electrons. The second-order valence-corrected chi connectivity index (χ2v) is 9.98. The molecule has 0 aliphatic carbocycles. The molecule has 1 fully saturated rings. The van der Waals surface area contributed by atoms with Crippen LogP contribution in [0.3, 0.4) is 0 Å². The summed E-state index contributed by atoms with van der Waals surface area (Å²) in [6.45, 7) is 3.68. The van der Waals surface area contributed by atoms with Crippen LogP contribution in [0.4, 0.5) is 10.2 Å². The summed E-state index contributed by atoms with van der Waals surface area (Å²) >= 11 is 5.39. The number of phosphoric acid groups is 1. The third-order valence-electron chi connectivity index (χ3n) is 4.97. The molecular weight excluding hydrogens is 550 g/mol. The molecule has 2 heterocycles. The van der Waals surface area contributed by atoms with E-state index in [9.17, 15) is 19.3 Å². The minimum absolute atomic E-state index is 0.0579. The number of nitrogens with zero attached hydrogens (tertiary/aromatic N) is 3. The third kappa shape index (κ3) is 6.87. The zero-order valence-corrected chi connectivity index (χ0v) is 22.0. The van der Waals surface area contributed by atoms with Gasteiger partial charge in [0.2, 0.25) is 11.9 Å². The molecule has 1 aliphatic heterocycles. The fourth-order valence-corrected chi connectivity index (χ4v) is 4.75. The van der Waals surface area contributed by atoms with Gasteiger partial charge in [0, 0.05) is 5.38 Å². The number of nitrogens with two attached hydrogens (primary N) is 1. The number of nitrogen functional groups attached to an aromatic ring is 1. The minimum Gasteiger partial charge on any atom is -0.461 e. The Morgan fingerprint density at radius 1 is 1.37 bits per heavy atom. The molecule has 1 saturated heterocycles. The van der Waals surface area contributed by atoms with Gasteiger partial charge in [0.1, 0.15) is 23.8 Å². The van der Waals surface area contributed by atoms with Crippen LogP contribution >= 0.6 is 19.4 Å². The molecule has 0 bridgehead atoms. The molecule has 0 amide bonds. The number of aliphatic hydroxyl groups is 1. The lowest BCUT2D eigenvalue weighted by Crippen LogP contribution is -2.45.